The molecule has 0 amide bonds. The molecule has 0 aromatic heterocycles. The first-order valence-corrected chi connectivity index (χ1v) is 6.62. The van der Waals surface area contributed by atoms with Crippen LogP contribution >= 0.6 is 11.6 Å². The Labute approximate surface area is 123 Å². The molecule has 0 heterocycles. The predicted octanol–water partition coefficient (Wildman–Crippen LogP) is 2.23. The van der Waals surface area contributed by atoms with E-state index in [1.807, 2.05) is 6.92 Å². The molecule has 1 aromatic carbocycles. The molecule has 112 valence electrons. The van der Waals surface area contributed by atoms with Gasteiger partial charge in [-0.1, -0.05) is 11.6 Å². The van der Waals surface area contributed by atoms with Gasteiger partial charge in [-0.05, 0) is 30.7 Å². The van der Waals surface area contributed by atoms with E-state index in [2.05, 4.69) is 0 Å². The average Bonchev–Trinajstić information content (AvgIpc) is 2.41. The molecule has 0 bridgehead atoms. The predicted molar refractivity (Wildman–Crippen MR) is 75.3 cm³/mol. The van der Waals surface area contributed by atoms with Crippen LogP contribution in [0.2, 0.25) is 5.02 Å². The molecule has 0 N–H and O–H groups in total. The number of carbonyl (C=O) groups excluding carboxylic acids is 1. The van der Waals surface area contributed by atoms with Crippen LogP contribution in [-0.4, -0.2) is 46.1 Å². The Morgan fingerprint density at radius 3 is 2.65 bits per heavy atom. The van der Waals surface area contributed by atoms with Crippen molar-refractivity contribution in [3.63, 3.8) is 0 Å². The van der Waals surface area contributed by atoms with Gasteiger partial charge in [0.15, 0.2) is 6.61 Å². The summed E-state index contributed by atoms with van der Waals surface area (Å²) >= 11 is 5.83. The molecule has 1 aromatic rings. The second-order valence-corrected chi connectivity index (χ2v) is 4.46. The maximum absolute atomic E-state index is 11.4. The van der Waals surface area contributed by atoms with Crippen LogP contribution in [-0.2, 0) is 19.0 Å². The molecular weight excluding hydrogens is 284 g/mol. The van der Waals surface area contributed by atoms with Crippen molar-refractivity contribution in [3.8, 4) is 5.75 Å². The lowest BCUT2D eigenvalue weighted by molar-refractivity contribution is -0.147. The van der Waals surface area contributed by atoms with Gasteiger partial charge in [0.1, 0.15) is 12.4 Å². The van der Waals surface area contributed by atoms with Crippen LogP contribution in [0.5, 0.6) is 5.75 Å². The first-order chi connectivity index (χ1) is 9.63. The van der Waals surface area contributed by atoms with Gasteiger partial charge in [0.2, 0.25) is 0 Å². The van der Waals surface area contributed by atoms with Gasteiger partial charge in [0.25, 0.3) is 0 Å². The number of aryl methyl sites for hydroxylation is 1. The smallest absolute Gasteiger partial charge is 0.344 e. The minimum atomic E-state index is -0.435. The molecule has 0 aliphatic heterocycles. The van der Waals surface area contributed by atoms with E-state index in [0.29, 0.717) is 30.6 Å². The van der Waals surface area contributed by atoms with Crippen molar-refractivity contribution in [2.24, 2.45) is 0 Å². The van der Waals surface area contributed by atoms with E-state index < -0.39 is 5.97 Å². The zero-order valence-electron chi connectivity index (χ0n) is 11.7. The van der Waals surface area contributed by atoms with Crippen LogP contribution < -0.4 is 4.74 Å². The number of hydrogen-bond donors (Lipinski definition) is 0. The number of halogens is 1. The summed E-state index contributed by atoms with van der Waals surface area (Å²) in [6.07, 6.45) is 0. The average molecular weight is 303 g/mol. The fourth-order valence-corrected chi connectivity index (χ4v) is 1.64. The molecule has 1 rings (SSSR count). The largest absolute Gasteiger partial charge is 0.482 e. The SMILES string of the molecule is COCCOCCOC(=O)COc1ccc(Cl)cc1C. The molecule has 0 saturated carbocycles. The summed E-state index contributed by atoms with van der Waals surface area (Å²) in [6, 6.07) is 5.20. The van der Waals surface area contributed by atoms with Crippen LogP contribution in [0.1, 0.15) is 5.56 Å². The molecule has 0 aliphatic rings. The highest BCUT2D eigenvalue weighted by molar-refractivity contribution is 6.30. The number of methoxy groups -OCH3 is 1. The van der Waals surface area contributed by atoms with Crippen LogP contribution in [0.15, 0.2) is 18.2 Å². The van der Waals surface area contributed by atoms with Crippen molar-refractivity contribution in [1.82, 2.24) is 0 Å². The Balaban J connectivity index is 2.16. The molecule has 0 atom stereocenters. The highest BCUT2D eigenvalue weighted by Crippen LogP contribution is 2.21. The van der Waals surface area contributed by atoms with Crippen molar-refractivity contribution >= 4 is 17.6 Å². The molecule has 0 aliphatic carbocycles. The zero-order chi connectivity index (χ0) is 14.8. The van der Waals surface area contributed by atoms with Crippen molar-refractivity contribution in [2.45, 2.75) is 6.92 Å². The van der Waals surface area contributed by atoms with Crippen LogP contribution in [0.4, 0.5) is 0 Å². The maximum Gasteiger partial charge on any atom is 0.344 e. The third kappa shape index (κ3) is 6.75. The lowest BCUT2D eigenvalue weighted by Gasteiger charge is -2.09. The molecular formula is C14H19ClO5. The van der Waals surface area contributed by atoms with E-state index in [1.54, 1.807) is 25.3 Å². The zero-order valence-corrected chi connectivity index (χ0v) is 12.4. The van der Waals surface area contributed by atoms with Gasteiger partial charge < -0.3 is 18.9 Å². The summed E-state index contributed by atoms with van der Waals surface area (Å²) in [5, 5.41) is 0.630. The van der Waals surface area contributed by atoms with E-state index in [0.717, 1.165) is 5.56 Å². The van der Waals surface area contributed by atoms with Gasteiger partial charge in [0.05, 0.1) is 19.8 Å². The third-order valence-corrected chi connectivity index (χ3v) is 2.64. The number of carbonyl (C=O) groups is 1. The number of esters is 1. The normalized spacial score (nSPS) is 10.3. The topological polar surface area (TPSA) is 54.0 Å². The molecule has 0 fully saturated rings. The van der Waals surface area contributed by atoms with Gasteiger partial charge >= 0.3 is 5.97 Å². The Hall–Kier alpha value is -1.30. The molecule has 5 nitrogen and oxygen atoms in total. The number of rotatable bonds is 9. The van der Waals surface area contributed by atoms with E-state index in [9.17, 15) is 4.79 Å². The summed E-state index contributed by atoms with van der Waals surface area (Å²) in [7, 11) is 1.60. The molecule has 0 spiro atoms. The minimum Gasteiger partial charge on any atom is -0.482 e. The van der Waals surface area contributed by atoms with Crippen LogP contribution in [0.3, 0.4) is 0 Å². The number of ether oxygens (including phenoxy) is 4. The summed E-state index contributed by atoms with van der Waals surface area (Å²) in [5.74, 6) is 0.178. The van der Waals surface area contributed by atoms with E-state index >= 15 is 0 Å². The highest BCUT2D eigenvalue weighted by Gasteiger charge is 2.06. The van der Waals surface area contributed by atoms with Crippen molar-refractivity contribution in [1.29, 1.82) is 0 Å². The summed E-state index contributed by atoms with van der Waals surface area (Å²) in [4.78, 5) is 11.4. The quantitative estimate of drug-likeness (QED) is 0.517. The summed E-state index contributed by atoms with van der Waals surface area (Å²) in [5.41, 5.74) is 0.869. The second kappa shape index (κ2) is 9.58. The molecule has 0 saturated heterocycles. The first-order valence-electron chi connectivity index (χ1n) is 6.24. The Bertz CT molecular complexity index is 422. The molecule has 20 heavy (non-hydrogen) atoms. The Kier molecular flexibility index (Phi) is 8.02. The monoisotopic (exact) mass is 302 g/mol. The van der Waals surface area contributed by atoms with Crippen LogP contribution in [0.25, 0.3) is 0 Å². The third-order valence-electron chi connectivity index (χ3n) is 2.41. The van der Waals surface area contributed by atoms with E-state index in [4.69, 9.17) is 30.5 Å². The molecule has 0 unspecified atom stereocenters. The first kappa shape index (κ1) is 16.8. The summed E-state index contributed by atoms with van der Waals surface area (Å²) < 4.78 is 20.3. The number of hydrogen-bond acceptors (Lipinski definition) is 5. The van der Waals surface area contributed by atoms with Gasteiger partial charge in [-0.25, -0.2) is 4.79 Å². The van der Waals surface area contributed by atoms with Crippen molar-refractivity contribution in [3.05, 3.63) is 28.8 Å². The standard InChI is InChI=1S/C14H19ClO5/c1-11-9-12(15)3-4-13(11)20-10-14(16)19-8-7-18-6-5-17-2/h3-4,9H,5-8,10H2,1-2H3. The fraction of sp³-hybridized carbons (Fsp3) is 0.500. The van der Waals surface area contributed by atoms with E-state index in [1.165, 1.54) is 0 Å². The summed E-state index contributed by atoms with van der Waals surface area (Å²) in [6.45, 7) is 3.26. The maximum atomic E-state index is 11.4. The lowest BCUT2D eigenvalue weighted by atomic mass is 10.2. The van der Waals surface area contributed by atoms with Gasteiger partial charge in [-0.15, -0.1) is 0 Å². The van der Waals surface area contributed by atoms with Gasteiger partial charge in [-0.2, -0.15) is 0 Å². The lowest BCUT2D eigenvalue weighted by Crippen LogP contribution is -2.18. The Morgan fingerprint density at radius 1 is 1.20 bits per heavy atom. The Morgan fingerprint density at radius 2 is 1.95 bits per heavy atom. The molecule has 6 heteroatoms. The second-order valence-electron chi connectivity index (χ2n) is 4.02. The van der Waals surface area contributed by atoms with Crippen molar-refractivity contribution in [2.75, 3.05) is 40.1 Å². The number of benzene rings is 1. The van der Waals surface area contributed by atoms with Crippen molar-refractivity contribution < 1.29 is 23.7 Å². The molecule has 0 radical (unpaired) electrons. The highest BCUT2D eigenvalue weighted by atomic mass is 35.5. The van der Waals surface area contributed by atoms with Crippen LogP contribution in [0, 0.1) is 6.92 Å². The fourth-order valence-electron chi connectivity index (χ4n) is 1.41. The van der Waals surface area contributed by atoms with Gasteiger partial charge in [-0.3, -0.25) is 0 Å². The van der Waals surface area contributed by atoms with Gasteiger partial charge in [0, 0.05) is 12.1 Å². The minimum absolute atomic E-state index is 0.138. The van der Waals surface area contributed by atoms with E-state index in [-0.39, 0.29) is 13.2 Å².